The van der Waals surface area contributed by atoms with Gasteiger partial charge in [0.2, 0.25) is 5.76 Å². The van der Waals surface area contributed by atoms with Gasteiger partial charge in [-0.3, -0.25) is 4.79 Å². The minimum atomic E-state index is -4.38. The van der Waals surface area contributed by atoms with E-state index < -0.39 is 11.7 Å². The van der Waals surface area contributed by atoms with Crippen molar-refractivity contribution in [3.63, 3.8) is 0 Å². The lowest BCUT2D eigenvalue weighted by Crippen LogP contribution is -2.47. The first-order chi connectivity index (χ1) is 12.3. The molecule has 3 rings (SSSR count). The number of carbonyl (C=O) groups excluding carboxylic acids is 1. The maximum atomic E-state index is 12.8. The van der Waals surface area contributed by atoms with Gasteiger partial charge in [0.05, 0.1) is 18.3 Å². The summed E-state index contributed by atoms with van der Waals surface area (Å²) in [5.41, 5.74) is -0.168. The topological polar surface area (TPSA) is 48.0 Å². The molecule has 0 bridgehead atoms. The number of hydrogen-bond acceptors (Lipinski definition) is 4. The maximum Gasteiger partial charge on any atom is 0.416 e. The van der Waals surface area contributed by atoms with Crippen molar-refractivity contribution in [2.75, 3.05) is 32.9 Å². The third kappa shape index (κ3) is 4.30. The van der Waals surface area contributed by atoms with E-state index in [1.807, 2.05) is 0 Å². The highest BCUT2D eigenvalue weighted by atomic mass is 19.4. The molecule has 1 aromatic carbocycles. The Balaban J connectivity index is 1.67. The summed E-state index contributed by atoms with van der Waals surface area (Å²) in [4.78, 5) is 14.2. The first kappa shape index (κ1) is 18.6. The smallest absolute Gasteiger partial charge is 0.416 e. The Bertz CT molecular complexity index is 702. The van der Waals surface area contributed by atoms with Gasteiger partial charge in [0.1, 0.15) is 19.0 Å². The normalized spacial score (nSPS) is 21.2. The molecule has 0 spiro atoms. The Kier molecular flexibility index (Phi) is 5.41. The second-order valence-electron chi connectivity index (χ2n) is 6.23. The van der Waals surface area contributed by atoms with Crippen LogP contribution in [0, 0.1) is 0 Å². The molecule has 1 aromatic rings. The molecule has 1 amide bonds. The van der Waals surface area contributed by atoms with Crippen molar-refractivity contribution >= 4 is 5.91 Å². The zero-order valence-corrected chi connectivity index (χ0v) is 14.3. The predicted octanol–water partition coefficient (Wildman–Crippen LogP) is 2.75. The van der Waals surface area contributed by atoms with E-state index in [1.165, 1.54) is 6.07 Å². The molecule has 1 saturated heterocycles. The fourth-order valence-corrected chi connectivity index (χ4v) is 3.03. The van der Waals surface area contributed by atoms with E-state index in [1.54, 1.807) is 17.9 Å². The summed E-state index contributed by atoms with van der Waals surface area (Å²) in [6.07, 6.45) is -4.46. The quantitative estimate of drug-likeness (QED) is 0.820. The number of ether oxygens (including phenoxy) is 3. The van der Waals surface area contributed by atoms with Crippen molar-refractivity contribution in [1.29, 1.82) is 0 Å². The third-order valence-corrected chi connectivity index (χ3v) is 4.31. The van der Waals surface area contributed by atoms with Crippen LogP contribution in [0.15, 0.2) is 35.8 Å². The molecule has 5 nitrogen and oxygen atoms in total. The highest BCUT2D eigenvalue weighted by molar-refractivity contribution is 5.92. The van der Waals surface area contributed by atoms with E-state index in [9.17, 15) is 18.0 Å². The fourth-order valence-electron chi connectivity index (χ4n) is 3.03. The number of alkyl halides is 3. The average Bonchev–Trinajstić information content (AvgIpc) is 2.61. The molecule has 8 heteroatoms. The van der Waals surface area contributed by atoms with E-state index in [-0.39, 0.29) is 24.3 Å². The van der Waals surface area contributed by atoms with E-state index in [2.05, 4.69) is 0 Å². The Morgan fingerprint density at radius 2 is 2.00 bits per heavy atom. The molecule has 1 atom stereocenters. The molecule has 2 heterocycles. The second-order valence-corrected chi connectivity index (χ2v) is 6.23. The van der Waals surface area contributed by atoms with Crippen LogP contribution in [0.2, 0.25) is 0 Å². The number of benzene rings is 1. The summed E-state index contributed by atoms with van der Waals surface area (Å²) < 4.78 is 54.9. The Hall–Kier alpha value is -2.22. The summed E-state index contributed by atoms with van der Waals surface area (Å²) in [6, 6.07) is 5.17. The fraction of sp³-hybridized carbons (Fsp3) is 0.500. The zero-order chi connectivity index (χ0) is 18.7. The first-order valence-corrected chi connectivity index (χ1v) is 8.38. The van der Waals surface area contributed by atoms with Crippen molar-refractivity contribution in [2.24, 2.45) is 0 Å². The van der Waals surface area contributed by atoms with Crippen LogP contribution in [-0.4, -0.2) is 49.8 Å². The maximum absolute atomic E-state index is 12.8. The predicted molar refractivity (Wildman–Crippen MR) is 86.1 cm³/mol. The van der Waals surface area contributed by atoms with Crippen LogP contribution in [-0.2, 0) is 31.6 Å². The van der Waals surface area contributed by atoms with Gasteiger partial charge >= 0.3 is 6.18 Å². The van der Waals surface area contributed by atoms with Crippen LogP contribution in [0.5, 0.6) is 0 Å². The second kappa shape index (κ2) is 7.57. The van der Waals surface area contributed by atoms with Gasteiger partial charge in [-0.15, -0.1) is 0 Å². The van der Waals surface area contributed by atoms with Crippen molar-refractivity contribution in [1.82, 2.24) is 4.90 Å². The largest absolute Gasteiger partial charge is 0.491 e. The third-order valence-electron chi connectivity index (χ3n) is 4.31. The lowest BCUT2D eigenvalue weighted by molar-refractivity contribution is -0.140. The summed E-state index contributed by atoms with van der Waals surface area (Å²) in [5, 5.41) is 0. The van der Waals surface area contributed by atoms with E-state index in [0.717, 1.165) is 12.1 Å². The number of morpholine rings is 1. The summed E-state index contributed by atoms with van der Waals surface area (Å²) in [7, 11) is 0. The number of amides is 1. The number of allylic oxidation sites excluding steroid dienone is 1. The Morgan fingerprint density at radius 3 is 2.73 bits per heavy atom. The molecule has 1 fully saturated rings. The molecule has 0 aromatic heterocycles. The van der Waals surface area contributed by atoms with Crippen LogP contribution in [0.1, 0.15) is 18.1 Å². The van der Waals surface area contributed by atoms with E-state index in [0.29, 0.717) is 44.1 Å². The van der Waals surface area contributed by atoms with Crippen molar-refractivity contribution in [3.05, 3.63) is 46.9 Å². The summed E-state index contributed by atoms with van der Waals surface area (Å²) in [5.74, 6) is 0.359. The van der Waals surface area contributed by atoms with Gasteiger partial charge in [0.15, 0.2) is 0 Å². The number of nitrogens with zero attached hydrogens (tertiary/aromatic N) is 1. The lowest BCUT2D eigenvalue weighted by atomic mass is 10.0. The minimum absolute atomic E-state index is 0.191. The molecule has 0 unspecified atom stereocenters. The van der Waals surface area contributed by atoms with Gasteiger partial charge in [0, 0.05) is 19.5 Å². The van der Waals surface area contributed by atoms with E-state index in [4.69, 9.17) is 14.2 Å². The number of halogens is 3. The van der Waals surface area contributed by atoms with Gasteiger partial charge in [-0.25, -0.2) is 0 Å². The zero-order valence-electron chi connectivity index (χ0n) is 14.3. The highest BCUT2D eigenvalue weighted by Gasteiger charge is 2.32. The molecule has 142 valence electrons. The molecule has 0 N–H and O–H groups in total. The molecule has 0 radical (unpaired) electrons. The minimum Gasteiger partial charge on any atom is -0.491 e. The van der Waals surface area contributed by atoms with Crippen LogP contribution in [0.4, 0.5) is 13.2 Å². The summed E-state index contributed by atoms with van der Waals surface area (Å²) >= 11 is 0. The number of hydrogen-bond donors (Lipinski definition) is 0. The lowest BCUT2D eigenvalue weighted by Gasteiger charge is -2.34. The standard InChI is InChI=1S/C18H20F3NO4/c1-12-16(26-8-7-24-12)17(23)22-5-6-25-15(11-22)10-13-3-2-4-14(9-13)18(19,20)21/h2-4,9,15H,5-8,10-11H2,1H3/t15-/m0/s1. The molecule has 0 saturated carbocycles. The van der Waals surface area contributed by atoms with Crippen molar-refractivity contribution < 1.29 is 32.2 Å². The van der Waals surface area contributed by atoms with Gasteiger partial charge in [-0.05, 0) is 18.6 Å². The van der Waals surface area contributed by atoms with Crippen molar-refractivity contribution in [2.45, 2.75) is 25.6 Å². The Morgan fingerprint density at radius 1 is 1.23 bits per heavy atom. The molecule has 0 aliphatic carbocycles. The van der Waals surface area contributed by atoms with Crippen LogP contribution < -0.4 is 0 Å². The summed E-state index contributed by atoms with van der Waals surface area (Å²) in [6.45, 7) is 3.41. The molecule has 26 heavy (non-hydrogen) atoms. The highest BCUT2D eigenvalue weighted by Crippen LogP contribution is 2.30. The monoisotopic (exact) mass is 371 g/mol. The van der Waals surface area contributed by atoms with Crippen LogP contribution in [0.3, 0.4) is 0 Å². The van der Waals surface area contributed by atoms with E-state index >= 15 is 0 Å². The number of rotatable bonds is 3. The average molecular weight is 371 g/mol. The van der Waals surface area contributed by atoms with Crippen LogP contribution >= 0.6 is 0 Å². The molecule has 2 aliphatic rings. The number of carbonyl (C=O) groups is 1. The van der Waals surface area contributed by atoms with Gasteiger partial charge in [-0.1, -0.05) is 18.2 Å². The molecule has 2 aliphatic heterocycles. The SMILES string of the molecule is CC1=C(C(=O)N2CCO[C@@H](Cc3cccc(C(F)(F)F)c3)C2)OCCO1. The van der Waals surface area contributed by atoms with Gasteiger partial charge < -0.3 is 19.1 Å². The molecular formula is C18H20F3NO4. The Labute approximate surface area is 149 Å². The first-order valence-electron chi connectivity index (χ1n) is 8.38. The molecular weight excluding hydrogens is 351 g/mol. The van der Waals surface area contributed by atoms with Gasteiger partial charge in [0.25, 0.3) is 5.91 Å². The van der Waals surface area contributed by atoms with Gasteiger partial charge in [-0.2, -0.15) is 13.2 Å². The van der Waals surface area contributed by atoms with Crippen molar-refractivity contribution in [3.8, 4) is 0 Å². The van der Waals surface area contributed by atoms with Crippen LogP contribution in [0.25, 0.3) is 0 Å².